The Labute approximate surface area is 114 Å². The van der Waals surface area contributed by atoms with Crippen molar-refractivity contribution in [1.82, 2.24) is 5.32 Å². The van der Waals surface area contributed by atoms with Crippen LogP contribution in [0.5, 0.6) is 0 Å². The number of halogens is 7. The van der Waals surface area contributed by atoms with E-state index in [9.17, 15) is 31.1 Å². The average Bonchev–Trinajstić information content (AvgIpc) is 2.32. The van der Waals surface area contributed by atoms with E-state index in [1.54, 1.807) is 0 Å². The molecule has 1 aromatic rings. The minimum atomic E-state index is -3.92. The van der Waals surface area contributed by atoms with Crippen LogP contribution in [0.3, 0.4) is 0 Å². The molecule has 1 N–H and O–H groups in total. The number of carbonyl (C=O) groups is 1. The molecule has 0 radical (unpaired) electrons. The van der Waals surface area contributed by atoms with Crippen molar-refractivity contribution >= 4 is 18.5 Å². The first-order valence-electron chi connectivity index (χ1n) is 4.88. The van der Waals surface area contributed by atoms with Gasteiger partial charge in [-0.2, -0.15) is 0 Å². The first kappa shape index (κ1) is 16.4. The number of ether oxygens (including phenoxy) is 1. The van der Waals surface area contributed by atoms with Crippen LogP contribution in [0.1, 0.15) is 11.6 Å². The Morgan fingerprint density at radius 1 is 1.15 bits per heavy atom. The molecule has 0 unspecified atom stereocenters. The Bertz CT molecular complexity index is 527. The summed E-state index contributed by atoms with van der Waals surface area (Å²) in [6, 6.07) is -2.67. The molecule has 0 aliphatic carbocycles. The fourth-order valence-corrected chi connectivity index (χ4v) is 1.64. The summed E-state index contributed by atoms with van der Waals surface area (Å²) in [7, 11) is 0. The van der Waals surface area contributed by atoms with Gasteiger partial charge in [0.1, 0.15) is 6.04 Å². The Kier molecular flexibility index (Phi) is 4.42. The van der Waals surface area contributed by atoms with Crippen molar-refractivity contribution in [1.29, 1.82) is 0 Å². The quantitative estimate of drug-likeness (QED) is 0.637. The number of rotatable bonds is 1. The first-order chi connectivity index (χ1) is 8.74. The van der Waals surface area contributed by atoms with E-state index >= 15 is 0 Å². The molecule has 112 valence electrons. The fraction of sp³-hybridized carbons (Fsp3) is 0.300. The van der Waals surface area contributed by atoms with E-state index in [0.717, 1.165) is 0 Å². The number of nitrogens with one attached hydrogen (secondary N) is 1. The molecule has 1 saturated heterocycles. The number of carbonyl (C=O) groups excluding carboxylic acids is 1. The molecule has 1 amide bonds. The van der Waals surface area contributed by atoms with Gasteiger partial charge in [0, 0.05) is 6.07 Å². The summed E-state index contributed by atoms with van der Waals surface area (Å²) >= 11 is 0. The van der Waals surface area contributed by atoms with Crippen molar-refractivity contribution in [2.24, 2.45) is 0 Å². The standard InChI is InChI=1S/C10H5F6NO2.ClH/c11-3-1-4(12)7(14)5(6(3)13)8-10(15,16)2-19-9(18)17-8;/h1,8H,2H2,(H,17,18);1H/t8-;/m0./s1. The third-order valence-electron chi connectivity index (χ3n) is 2.51. The second-order valence-electron chi connectivity index (χ2n) is 3.80. The molecule has 1 fully saturated rings. The summed E-state index contributed by atoms with van der Waals surface area (Å²) in [6.07, 6.45) is -1.38. The zero-order chi connectivity index (χ0) is 14.4. The third kappa shape index (κ3) is 2.62. The minimum absolute atomic E-state index is 0. The summed E-state index contributed by atoms with van der Waals surface area (Å²) < 4.78 is 83.5. The van der Waals surface area contributed by atoms with Crippen molar-refractivity contribution in [2.45, 2.75) is 12.0 Å². The minimum Gasteiger partial charge on any atom is -0.443 e. The Balaban J connectivity index is 0.00000200. The van der Waals surface area contributed by atoms with Crippen LogP contribution >= 0.6 is 12.4 Å². The molecule has 10 heteroatoms. The lowest BCUT2D eigenvalue weighted by Gasteiger charge is -2.32. The summed E-state index contributed by atoms with van der Waals surface area (Å²) in [4.78, 5) is 10.8. The van der Waals surface area contributed by atoms with Crippen LogP contribution in [0.15, 0.2) is 6.07 Å². The van der Waals surface area contributed by atoms with Crippen LogP contribution in [0, 0.1) is 23.3 Å². The Morgan fingerprint density at radius 2 is 1.65 bits per heavy atom. The normalized spacial score (nSPS) is 20.7. The molecule has 3 nitrogen and oxygen atoms in total. The van der Waals surface area contributed by atoms with E-state index in [1.807, 2.05) is 0 Å². The van der Waals surface area contributed by atoms with Gasteiger partial charge in [-0.1, -0.05) is 0 Å². The number of hydrogen-bond acceptors (Lipinski definition) is 2. The van der Waals surface area contributed by atoms with Crippen molar-refractivity contribution in [2.75, 3.05) is 6.61 Å². The second-order valence-corrected chi connectivity index (χ2v) is 3.80. The van der Waals surface area contributed by atoms with E-state index < -0.39 is 53.5 Å². The van der Waals surface area contributed by atoms with Crippen LogP contribution < -0.4 is 5.32 Å². The van der Waals surface area contributed by atoms with Gasteiger partial charge in [0.05, 0.1) is 5.56 Å². The van der Waals surface area contributed by atoms with Gasteiger partial charge in [0.25, 0.3) is 0 Å². The first-order valence-corrected chi connectivity index (χ1v) is 4.88. The lowest BCUT2D eigenvalue weighted by molar-refractivity contribution is -0.105. The lowest BCUT2D eigenvalue weighted by atomic mass is 9.98. The monoisotopic (exact) mass is 321 g/mol. The predicted octanol–water partition coefficient (Wildman–Crippen LogP) is 3.08. The Hall–Kier alpha value is -1.64. The molecule has 2 rings (SSSR count). The maximum absolute atomic E-state index is 13.4. The molecule has 1 aliphatic rings. The van der Waals surface area contributed by atoms with Gasteiger partial charge in [0.15, 0.2) is 29.9 Å². The zero-order valence-corrected chi connectivity index (χ0v) is 10.2. The number of amides is 1. The van der Waals surface area contributed by atoms with Crippen molar-refractivity contribution in [3.63, 3.8) is 0 Å². The maximum atomic E-state index is 13.4. The van der Waals surface area contributed by atoms with Crippen LogP contribution in [0.2, 0.25) is 0 Å². The largest absolute Gasteiger partial charge is 0.443 e. The third-order valence-corrected chi connectivity index (χ3v) is 2.51. The van der Waals surface area contributed by atoms with Gasteiger partial charge in [0.2, 0.25) is 0 Å². The highest BCUT2D eigenvalue weighted by atomic mass is 35.5. The van der Waals surface area contributed by atoms with Gasteiger partial charge in [-0.05, 0) is 0 Å². The van der Waals surface area contributed by atoms with E-state index in [2.05, 4.69) is 4.74 Å². The topological polar surface area (TPSA) is 38.3 Å². The van der Waals surface area contributed by atoms with Gasteiger partial charge in [-0.15, -0.1) is 12.4 Å². The maximum Gasteiger partial charge on any atom is 0.408 e. The number of benzene rings is 1. The molecular formula is C10H6ClF6NO2. The summed E-state index contributed by atoms with van der Waals surface area (Å²) in [6.45, 7) is -1.46. The second kappa shape index (κ2) is 5.39. The van der Waals surface area contributed by atoms with Crippen LogP contribution in [0.25, 0.3) is 0 Å². The molecule has 0 bridgehead atoms. The van der Waals surface area contributed by atoms with Gasteiger partial charge >= 0.3 is 12.0 Å². The molecule has 1 aliphatic heterocycles. The highest BCUT2D eigenvalue weighted by Gasteiger charge is 2.49. The van der Waals surface area contributed by atoms with Crippen molar-refractivity contribution < 1.29 is 35.9 Å². The fourth-order valence-electron chi connectivity index (χ4n) is 1.64. The van der Waals surface area contributed by atoms with Crippen LogP contribution in [-0.2, 0) is 4.74 Å². The van der Waals surface area contributed by atoms with Crippen molar-refractivity contribution in [3.8, 4) is 0 Å². The summed E-state index contributed by atoms with van der Waals surface area (Å²) in [5, 5.41) is 1.43. The average molecular weight is 322 g/mol. The number of alkyl halides is 2. The molecule has 1 heterocycles. The molecule has 20 heavy (non-hydrogen) atoms. The summed E-state index contributed by atoms with van der Waals surface area (Å²) in [5.74, 6) is -11.6. The lowest BCUT2D eigenvalue weighted by Crippen LogP contribution is -2.50. The van der Waals surface area contributed by atoms with E-state index in [0.29, 0.717) is 0 Å². The van der Waals surface area contributed by atoms with Gasteiger partial charge < -0.3 is 10.1 Å². The molecule has 1 aromatic carbocycles. The summed E-state index contributed by atoms with van der Waals surface area (Å²) in [5.41, 5.74) is -1.58. The number of alkyl carbamates (subject to hydrolysis) is 1. The molecule has 0 saturated carbocycles. The zero-order valence-electron chi connectivity index (χ0n) is 9.35. The van der Waals surface area contributed by atoms with Crippen LogP contribution in [0.4, 0.5) is 31.1 Å². The molecular weight excluding hydrogens is 316 g/mol. The molecule has 1 atom stereocenters. The van der Waals surface area contributed by atoms with Gasteiger partial charge in [-0.3, -0.25) is 0 Å². The molecule has 0 spiro atoms. The number of cyclic esters (lactones) is 1. The SMILES string of the molecule is Cl.O=C1N[C@@H](c2c(F)c(F)cc(F)c2F)C(F)(F)CO1. The van der Waals surface area contributed by atoms with E-state index in [1.165, 1.54) is 5.32 Å². The van der Waals surface area contributed by atoms with Crippen LogP contribution in [-0.4, -0.2) is 18.6 Å². The van der Waals surface area contributed by atoms with E-state index in [4.69, 9.17) is 0 Å². The highest BCUT2D eigenvalue weighted by Crippen LogP contribution is 2.37. The van der Waals surface area contributed by atoms with E-state index in [-0.39, 0.29) is 18.5 Å². The smallest absolute Gasteiger partial charge is 0.408 e. The molecule has 0 aromatic heterocycles. The number of hydrogen-bond donors (Lipinski definition) is 1. The van der Waals surface area contributed by atoms with Crippen molar-refractivity contribution in [3.05, 3.63) is 34.9 Å². The predicted molar refractivity (Wildman–Crippen MR) is 55.7 cm³/mol. The highest BCUT2D eigenvalue weighted by molar-refractivity contribution is 5.85. The van der Waals surface area contributed by atoms with Gasteiger partial charge in [-0.25, -0.2) is 31.1 Å². The Morgan fingerprint density at radius 3 is 2.15 bits per heavy atom.